The predicted molar refractivity (Wildman–Crippen MR) is 103 cm³/mol. The van der Waals surface area contributed by atoms with Gasteiger partial charge in [-0.15, -0.1) is 0 Å². The van der Waals surface area contributed by atoms with E-state index in [2.05, 4.69) is 36.5 Å². The van der Waals surface area contributed by atoms with Crippen LogP contribution < -0.4 is 5.32 Å². The molecule has 0 aliphatic carbocycles. The molecule has 138 valence electrons. The van der Waals surface area contributed by atoms with Crippen LogP contribution in [0.4, 0.5) is 5.69 Å². The van der Waals surface area contributed by atoms with Crippen molar-refractivity contribution in [1.82, 2.24) is 0 Å². The highest BCUT2D eigenvalue weighted by Crippen LogP contribution is 2.22. The summed E-state index contributed by atoms with van der Waals surface area (Å²) in [5, 5.41) is 3.67. The van der Waals surface area contributed by atoms with Crippen molar-refractivity contribution >= 4 is 14.5 Å². The van der Waals surface area contributed by atoms with Crippen LogP contribution in [0.3, 0.4) is 0 Å². The molecule has 1 aromatic rings. The molecule has 4 nitrogen and oxygen atoms in total. The molecule has 1 rings (SSSR count). The third-order valence-electron chi connectivity index (χ3n) is 4.53. The Morgan fingerprint density at radius 2 is 1.50 bits per heavy atom. The Balaban J connectivity index is 2.56. The highest BCUT2D eigenvalue weighted by atomic mass is 28.4. The van der Waals surface area contributed by atoms with Gasteiger partial charge in [0.1, 0.15) is 0 Å². The molecule has 0 amide bonds. The van der Waals surface area contributed by atoms with Crippen molar-refractivity contribution in [2.24, 2.45) is 0 Å². The molecule has 0 aliphatic heterocycles. The summed E-state index contributed by atoms with van der Waals surface area (Å²) in [7, 11) is 2.55. The van der Waals surface area contributed by atoms with Gasteiger partial charge in [0.05, 0.1) is 0 Å². The van der Waals surface area contributed by atoms with E-state index in [-0.39, 0.29) is 0 Å². The van der Waals surface area contributed by atoms with Gasteiger partial charge in [-0.1, -0.05) is 57.2 Å². The van der Waals surface area contributed by atoms with Crippen molar-refractivity contribution in [3.63, 3.8) is 0 Å². The van der Waals surface area contributed by atoms with E-state index < -0.39 is 8.80 Å². The summed E-state index contributed by atoms with van der Waals surface area (Å²) in [6.45, 7) is 2.25. The molecular weight excluding hydrogens is 318 g/mol. The van der Waals surface area contributed by atoms with Gasteiger partial charge in [0.15, 0.2) is 0 Å². The first-order valence-electron chi connectivity index (χ1n) is 9.16. The Kier molecular flexibility index (Phi) is 11.0. The minimum absolute atomic E-state index is 0.418. The largest absolute Gasteiger partial charge is 0.500 e. The monoisotopic (exact) mass is 353 g/mol. The summed E-state index contributed by atoms with van der Waals surface area (Å²) in [5.41, 5.74) is 1.18. The molecule has 0 saturated carbocycles. The van der Waals surface area contributed by atoms with Gasteiger partial charge in [0, 0.05) is 39.1 Å². The Morgan fingerprint density at radius 3 is 2.08 bits per heavy atom. The van der Waals surface area contributed by atoms with Crippen LogP contribution >= 0.6 is 0 Å². The molecule has 0 bridgehead atoms. The number of hydrogen-bond donors (Lipinski definition) is 1. The zero-order valence-corrected chi connectivity index (χ0v) is 16.8. The minimum atomic E-state index is -2.50. The van der Waals surface area contributed by atoms with Crippen molar-refractivity contribution in [1.29, 1.82) is 0 Å². The summed E-state index contributed by atoms with van der Waals surface area (Å²) < 4.78 is 16.7. The van der Waals surface area contributed by atoms with E-state index in [1.165, 1.54) is 44.2 Å². The number of hydrogen-bond acceptors (Lipinski definition) is 4. The SMILES string of the molecule is CCCCCCCC(CC[Si](OC)(OC)OC)Nc1ccccc1. The molecule has 5 heteroatoms. The third-order valence-corrected chi connectivity index (χ3v) is 7.30. The maximum atomic E-state index is 5.56. The van der Waals surface area contributed by atoms with Crippen LogP contribution in [0.15, 0.2) is 30.3 Å². The number of para-hydroxylation sites is 1. The van der Waals surface area contributed by atoms with E-state index in [1.807, 2.05) is 6.07 Å². The van der Waals surface area contributed by atoms with Crippen LogP contribution in [0.1, 0.15) is 51.9 Å². The van der Waals surface area contributed by atoms with Crippen molar-refractivity contribution in [2.75, 3.05) is 26.6 Å². The molecular formula is C19H35NO3Si. The molecule has 1 unspecified atom stereocenters. The zero-order valence-electron chi connectivity index (χ0n) is 15.8. The first-order chi connectivity index (χ1) is 11.7. The molecule has 0 saturated heterocycles. The summed E-state index contributed by atoms with van der Waals surface area (Å²) in [6, 6.07) is 11.7. The number of benzene rings is 1. The first-order valence-corrected chi connectivity index (χ1v) is 11.1. The number of anilines is 1. The van der Waals surface area contributed by atoms with E-state index in [1.54, 1.807) is 21.3 Å². The fraction of sp³-hybridized carbons (Fsp3) is 0.684. The van der Waals surface area contributed by atoms with Crippen molar-refractivity contribution in [2.45, 2.75) is 64.0 Å². The Bertz CT molecular complexity index is 404. The van der Waals surface area contributed by atoms with E-state index in [0.717, 1.165) is 12.5 Å². The number of nitrogens with one attached hydrogen (secondary N) is 1. The van der Waals surface area contributed by atoms with Crippen LogP contribution in [0.2, 0.25) is 6.04 Å². The Morgan fingerprint density at radius 1 is 0.875 bits per heavy atom. The lowest BCUT2D eigenvalue weighted by Crippen LogP contribution is -2.43. The third kappa shape index (κ3) is 7.79. The predicted octanol–water partition coefficient (Wildman–Crippen LogP) is 5.10. The highest BCUT2D eigenvalue weighted by molar-refractivity contribution is 6.60. The van der Waals surface area contributed by atoms with Crippen LogP contribution in [0.5, 0.6) is 0 Å². The van der Waals surface area contributed by atoms with Gasteiger partial charge in [-0.05, 0) is 25.0 Å². The van der Waals surface area contributed by atoms with Gasteiger partial charge in [-0.2, -0.15) is 0 Å². The lowest BCUT2D eigenvalue weighted by atomic mass is 10.0. The molecule has 0 aliphatic rings. The van der Waals surface area contributed by atoms with Crippen LogP contribution in [-0.4, -0.2) is 36.2 Å². The quantitative estimate of drug-likeness (QED) is 0.373. The second kappa shape index (κ2) is 12.5. The number of unbranched alkanes of at least 4 members (excludes halogenated alkanes) is 4. The Hall–Kier alpha value is -0.883. The van der Waals surface area contributed by atoms with Gasteiger partial charge in [-0.25, -0.2) is 0 Å². The first kappa shape index (κ1) is 21.2. The average molecular weight is 354 g/mol. The van der Waals surface area contributed by atoms with E-state index in [4.69, 9.17) is 13.3 Å². The molecule has 0 fully saturated rings. The zero-order chi connectivity index (χ0) is 17.7. The highest BCUT2D eigenvalue weighted by Gasteiger charge is 2.37. The molecule has 1 aromatic carbocycles. The molecule has 1 N–H and O–H groups in total. The number of rotatable bonds is 14. The summed E-state index contributed by atoms with van der Waals surface area (Å²) >= 11 is 0. The second-order valence-electron chi connectivity index (χ2n) is 6.24. The van der Waals surface area contributed by atoms with Crippen molar-refractivity contribution in [3.8, 4) is 0 Å². The summed E-state index contributed by atoms with van der Waals surface area (Å²) in [4.78, 5) is 0. The lowest BCUT2D eigenvalue weighted by molar-refractivity contribution is 0.122. The van der Waals surface area contributed by atoms with Gasteiger partial charge in [0.2, 0.25) is 0 Å². The summed E-state index contributed by atoms with van der Waals surface area (Å²) in [5.74, 6) is 0. The van der Waals surface area contributed by atoms with Crippen molar-refractivity contribution < 1.29 is 13.3 Å². The Labute approximate surface area is 149 Å². The fourth-order valence-corrected chi connectivity index (χ4v) is 4.77. The maximum Gasteiger partial charge on any atom is 0.500 e. The average Bonchev–Trinajstić information content (AvgIpc) is 2.63. The standard InChI is InChI=1S/C19H35NO3Si/c1-5-6-7-8-10-15-19(20-18-13-11-9-12-14-18)16-17-24(21-2,22-3)23-4/h9,11-14,19-20H,5-8,10,15-17H2,1-4H3. The van der Waals surface area contributed by atoms with Crippen LogP contribution in [0.25, 0.3) is 0 Å². The van der Waals surface area contributed by atoms with Crippen LogP contribution in [0, 0.1) is 0 Å². The lowest BCUT2D eigenvalue weighted by Gasteiger charge is -2.27. The maximum absolute atomic E-state index is 5.56. The fourth-order valence-electron chi connectivity index (χ4n) is 2.96. The molecule has 0 radical (unpaired) electrons. The molecule has 0 spiro atoms. The molecule has 0 heterocycles. The van der Waals surface area contributed by atoms with Gasteiger partial charge < -0.3 is 18.6 Å². The van der Waals surface area contributed by atoms with Gasteiger partial charge >= 0.3 is 8.80 Å². The smallest absolute Gasteiger partial charge is 0.382 e. The van der Waals surface area contributed by atoms with Crippen LogP contribution in [-0.2, 0) is 13.3 Å². The molecule has 24 heavy (non-hydrogen) atoms. The molecule has 0 aromatic heterocycles. The normalized spacial score (nSPS) is 13.0. The minimum Gasteiger partial charge on any atom is -0.382 e. The van der Waals surface area contributed by atoms with E-state index >= 15 is 0 Å². The second-order valence-corrected chi connectivity index (χ2v) is 9.34. The van der Waals surface area contributed by atoms with E-state index in [0.29, 0.717) is 6.04 Å². The topological polar surface area (TPSA) is 39.7 Å². The van der Waals surface area contributed by atoms with Crippen molar-refractivity contribution in [3.05, 3.63) is 30.3 Å². The summed E-state index contributed by atoms with van der Waals surface area (Å²) in [6.07, 6.45) is 8.68. The van der Waals surface area contributed by atoms with E-state index in [9.17, 15) is 0 Å². The van der Waals surface area contributed by atoms with Gasteiger partial charge in [-0.3, -0.25) is 0 Å². The molecule has 1 atom stereocenters. The van der Waals surface area contributed by atoms with Gasteiger partial charge in [0.25, 0.3) is 0 Å².